The van der Waals surface area contributed by atoms with Crippen LogP contribution >= 0.6 is 0 Å². The molecule has 0 saturated carbocycles. The van der Waals surface area contributed by atoms with Crippen LogP contribution in [-0.4, -0.2) is 26.0 Å². The van der Waals surface area contributed by atoms with Gasteiger partial charge in [-0.1, -0.05) is 132 Å². The lowest BCUT2D eigenvalue weighted by atomic mass is 9.83. The van der Waals surface area contributed by atoms with Gasteiger partial charge in [0, 0.05) is 40.1 Å². The Balaban J connectivity index is 1.21. The number of rotatable bonds is 7. The molecule has 5 nitrogen and oxygen atoms in total. The molecule has 1 aliphatic heterocycles. The third-order valence-electron chi connectivity index (χ3n) is 12.2. The molecular formula is C56H47N5. The molecule has 0 saturated heterocycles. The number of benzene rings is 6. The van der Waals surface area contributed by atoms with Gasteiger partial charge in [-0.25, -0.2) is 15.0 Å². The van der Waals surface area contributed by atoms with Crippen LogP contribution in [0.3, 0.4) is 0 Å². The molecule has 0 N–H and O–H groups in total. The van der Waals surface area contributed by atoms with Crippen LogP contribution in [0.1, 0.15) is 50.4 Å². The van der Waals surface area contributed by atoms with E-state index in [1.54, 1.807) is 0 Å². The summed E-state index contributed by atoms with van der Waals surface area (Å²) >= 11 is 0. The molecule has 0 fully saturated rings. The van der Waals surface area contributed by atoms with Gasteiger partial charge in [0.15, 0.2) is 17.5 Å². The van der Waals surface area contributed by atoms with Gasteiger partial charge in [0.2, 0.25) is 0 Å². The molecule has 0 bridgehead atoms. The first-order chi connectivity index (χ1) is 29.7. The van der Waals surface area contributed by atoms with Crippen molar-refractivity contribution in [3.05, 3.63) is 208 Å². The van der Waals surface area contributed by atoms with Gasteiger partial charge in [-0.3, -0.25) is 4.98 Å². The number of aryl methyl sites for hydroxylation is 6. The van der Waals surface area contributed by atoms with Crippen molar-refractivity contribution in [2.24, 2.45) is 0 Å². The zero-order valence-corrected chi connectivity index (χ0v) is 35.5. The molecule has 2 aliphatic rings. The molecule has 61 heavy (non-hydrogen) atoms. The van der Waals surface area contributed by atoms with Crippen molar-refractivity contribution in [2.45, 2.75) is 53.5 Å². The van der Waals surface area contributed by atoms with E-state index in [9.17, 15) is 0 Å². The van der Waals surface area contributed by atoms with Gasteiger partial charge in [0.25, 0.3) is 0 Å². The Labute approximate surface area is 358 Å². The lowest BCUT2D eigenvalue weighted by Crippen LogP contribution is -2.29. The Morgan fingerprint density at radius 2 is 1.03 bits per heavy atom. The van der Waals surface area contributed by atoms with E-state index in [0.717, 1.165) is 33.6 Å². The van der Waals surface area contributed by atoms with E-state index >= 15 is 0 Å². The smallest absolute Gasteiger partial charge is 0.166 e. The molecule has 3 heterocycles. The number of hydrogen-bond acceptors (Lipinski definition) is 5. The maximum atomic E-state index is 5.29. The topological polar surface area (TPSA) is 54.8 Å². The number of fused-ring (bicyclic) bond motifs is 3. The second-order valence-corrected chi connectivity index (χ2v) is 16.7. The molecular weight excluding hydrogens is 743 g/mol. The zero-order valence-electron chi connectivity index (χ0n) is 35.5. The van der Waals surface area contributed by atoms with E-state index in [0.29, 0.717) is 17.5 Å². The average molecular weight is 790 g/mol. The van der Waals surface area contributed by atoms with Crippen LogP contribution in [-0.2, 0) is 0 Å². The molecule has 0 amide bonds. The standard InChI is InChI=1S/C56H47N5/c1-34-27-36(3)52(37(4)28-34)43-21-24-49-45(32-43)46-33-44(53-38(5)29-35(2)30-39(53)6)22-25-50(46)61(49)51-23-20-42(48-19-13-14-26-57-48)31-47(51)56-59-54(40-15-9-7-10-16-40)58-55(60-56)41-17-11-8-12-18-41/h7-33,45,49H,1-6H3. The van der Waals surface area contributed by atoms with Gasteiger partial charge in [-0.2, -0.15) is 0 Å². The summed E-state index contributed by atoms with van der Waals surface area (Å²) in [6, 6.07) is 49.4. The zero-order chi connectivity index (χ0) is 41.8. The van der Waals surface area contributed by atoms with Gasteiger partial charge in [-0.15, -0.1) is 0 Å². The van der Waals surface area contributed by atoms with Crippen LogP contribution in [0, 0.1) is 41.5 Å². The van der Waals surface area contributed by atoms with Gasteiger partial charge in [-0.05, 0) is 128 Å². The maximum absolute atomic E-state index is 5.29. The van der Waals surface area contributed by atoms with E-state index in [-0.39, 0.29) is 12.0 Å². The Kier molecular flexibility index (Phi) is 9.60. The van der Waals surface area contributed by atoms with Crippen molar-refractivity contribution >= 4 is 16.9 Å². The van der Waals surface area contributed by atoms with Crippen LogP contribution in [0.25, 0.3) is 62.1 Å². The van der Waals surface area contributed by atoms with Gasteiger partial charge in [0.05, 0.1) is 17.4 Å². The molecule has 1 aliphatic carbocycles. The fraction of sp³-hybridized carbons (Fsp3) is 0.143. The van der Waals surface area contributed by atoms with Crippen LogP contribution in [0.5, 0.6) is 0 Å². The molecule has 2 unspecified atom stereocenters. The third kappa shape index (κ3) is 6.96. The van der Waals surface area contributed by atoms with Crippen LogP contribution in [0.4, 0.5) is 11.4 Å². The summed E-state index contributed by atoms with van der Waals surface area (Å²) in [4.78, 5) is 22.9. The van der Waals surface area contributed by atoms with Crippen LogP contribution < -0.4 is 4.90 Å². The first-order valence-corrected chi connectivity index (χ1v) is 21.1. The SMILES string of the molecule is Cc1cc(C)c(C2=CC3c4cc(-c5c(C)cc(C)cc5C)ccc4N(c4ccc(-c5ccccn5)cc4-c4nc(-c5ccccc5)nc(-c5ccccc5)n4)C3C=C2)c(C)c1. The number of anilines is 2. The Morgan fingerprint density at radius 1 is 0.475 bits per heavy atom. The minimum atomic E-state index is 0.00347. The summed E-state index contributed by atoms with van der Waals surface area (Å²) in [6.45, 7) is 13.3. The van der Waals surface area contributed by atoms with Crippen molar-refractivity contribution in [2.75, 3.05) is 4.90 Å². The van der Waals surface area contributed by atoms with E-state index in [1.165, 1.54) is 66.9 Å². The van der Waals surface area contributed by atoms with Crippen LogP contribution in [0.15, 0.2) is 164 Å². The molecule has 10 rings (SSSR count). The maximum Gasteiger partial charge on any atom is 0.166 e. The number of hydrogen-bond donors (Lipinski definition) is 0. The Bertz CT molecular complexity index is 2940. The molecule has 0 radical (unpaired) electrons. The number of pyridine rings is 1. The number of nitrogens with zero attached hydrogens (tertiary/aromatic N) is 5. The molecule has 0 spiro atoms. The lowest BCUT2D eigenvalue weighted by Gasteiger charge is -2.31. The predicted molar refractivity (Wildman–Crippen MR) is 252 cm³/mol. The first kappa shape index (κ1) is 38.0. The van der Waals surface area contributed by atoms with E-state index in [2.05, 4.69) is 156 Å². The largest absolute Gasteiger partial charge is 0.333 e. The molecule has 6 aromatic carbocycles. The van der Waals surface area contributed by atoms with Crippen molar-refractivity contribution in [1.82, 2.24) is 19.9 Å². The monoisotopic (exact) mass is 789 g/mol. The van der Waals surface area contributed by atoms with Crippen molar-refractivity contribution < 1.29 is 0 Å². The fourth-order valence-electron chi connectivity index (χ4n) is 9.82. The summed E-state index contributed by atoms with van der Waals surface area (Å²) < 4.78 is 0. The minimum Gasteiger partial charge on any atom is -0.333 e. The minimum absolute atomic E-state index is 0.00347. The number of allylic oxidation sites excluding steroid dienone is 2. The molecule has 2 aromatic heterocycles. The molecule has 2 atom stereocenters. The normalized spacial score (nSPS) is 15.4. The summed E-state index contributed by atoms with van der Waals surface area (Å²) in [5, 5.41) is 0. The lowest BCUT2D eigenvalue weighted by molar-refractivity contribution is 0.747. The molecule has 296 valence electrons. The second kappa shape index (κ2) is 15.4. The summed E-state index contributed by atoms with van der Waals surface area (Å²) in [6.07, 6.45) is 9.11. The van der Waals surface area contributed by atoms with E-state index in [4.69, 9.17) is 19.9 Å². The number of aromatic nitrogens is 4. The summed E-state index contributed by atoms with van der Waals surface area (Å²) in [5.41, 5.74) is 21.0. The molecule has 5 heteroatoms. The second-order valence-electron chi connectivity index (χ2n) is 16.7. The fourth-order valence-corrected chi connectivity index (χ4v) is 9.82. The van der Waals surface area contributed by atoms with Crippen molar-refractivity contribution in [3.8, 4) is 56.5 Å². The molecule has 8 aromatic rings. The highest BCUT2D eigenvalue weighted by Crippen LogP contribution is 2.53. The van der Waals surface area contributed by atoms with Gasteiger partial charge in [0.1, 0.15) is 0 Å². The van der Waals surface area contributed by atoms with Gasteiger partial charge < -0.3 is 4.90 Å². The van der Waals surface area contributed by atoms with E-state index in [1.807, 2.05) is 54.7 Å². The first-order valence-electron chi connectivity index (χ1n) is 21.1. The quantitative estimate of drug-likeness (QED) is 0.161. The van der Waals surface area contributed by atoms with E-state index < -0.39 is 0 Å². The highest BCUT2D eigenvalue weighted by Gasteiger charge is 2.40. The van der Waals surface area contributed by atoms with Crippen molar-refractivity contribution in [3.63, 3.8) is 0 Å². The van der Waals surface area contributed by atoms with Crippen molar-refractivity contribution in [1.29, 1.82) is 0 Å². The van der Waals surface area contributed by atoms with Gasteiger partial charge >= 0.3 is 0 Å². The third-order valence-corrected chi connectivity index (χ3v) is 12.2. The van der Waals surface area contributed by atoms with Crippen LogP contribution in [0.2, 0.25) is 0 Å². The summed E-state index contributed by atoms with van der Waals surface area (Å²) in [5.74, 6) is 1.94. The highest BCUT2D eigenvalue weighted by atomic mass is 15.2. The summed E-state index contributed by atoms with van der Waals surface area (Å²) in [7, 11) is 0. The Hall–Kier alpha value is -7.24. The average Bonchev–Trinajstić information content (AvgIpc) is 3.59. The highest BCUT2D eigenvalue weighted by molar-refractivity contribution is 5.91. The predicted octanol–water partition coefficient (Wildman–Crippen LogP) is 13.7. The Morgan fingerprint density at radius 3 is 1.64 bits per heavy atom.